The van der Waals surface area contributed by atoms with Gasteiger partial charge in [0.05, 0.1) is 0 Å². The summed E-state index contributed by atoms with van der Waals surface area (Å²) in [4.78, 5) is 4.23. The molecule has 1 aliphatic heterocycles. The minimum Gasteiger partial charge on any atom is -0.507 e. The van der Waals surface area contributed by atoms with E-state index >= 15 is 0 Å². The van der Waals surface area contributed by atoms with Crippen LogP contribution in [-0.2, 0) is 0 Å². The van der Waals surface area contributed by atoms with Crippen molar-refractivity contribution in [1.82, 2.24) is 10.3 Å². The lowest BCUT2D eigenvalue weighted by molar-refractivity contribution is 0.226. The number of hydrogen-bond acceptors (Lipinski definition) is 7. The number of nitrogens with one attached hydrogen (secondary N) is 3. The number of nitrogen functional groups attached to an aromatic ring is 1. The average Bonchev–Trinajstić information content (AvgIpc) is 2.73. The summed E-state index contributed by atoms with van der Waals surface area (Å²) >= 11 is 0. The Morgan fingerprint density at radius 1 is 1.42 bits per heavy atom. The van der Waals surface area contributed by atoms with E-state index in [0.717, 1.165) is 0 Å². The van der Waals surface area contributed by atoms with Crippen molar-refractivity contribution in [2.24, 2.45) is 0 Å². The number of nitrogens with two attached hydrogens (primary N) is 1. The van der Waals surface area contributed by atoms with Crippen LogP contribution in [0.3, 0.4) is 0 Å². The highest BCUT2D eigenvalue weighted by Gasteiger charge is 2.23. The van der Waals surface area contributed by atoms with Crippen LogP contribution in [0.25, 0.3) is 11.5 Å². The maximum Gasteiger partial charge on any atom is 0.166 e. The van der Waals surface area contributed by atoms with E-state index in [1.165, 1.54) is 24.4 Å². The fourth-order valence-electron chi connectivity index (χ4n) is 3.56. The monoisotopic (exact) mass is 423 g/mol. The Kier molecular flexibility index (Phi) is 6.39. The molecule has 2 bridgehead atoms. The van der Waals surface area contributed by atoms with Gasteiger partial charge in [0.15, 0.2) is 11.6 Å². The Labute approximate surface area is 180 Å². The van der Waals surface area contributed by atoms with Crippen molar-refractivity contribution in [3.8, 4) is 5.75 Å². The first-order chi connectivity index (χ1) is 14.8. The molecule has 6 N–H and O–H groups in total. The van der Waals surface area contributed by atoms with Crippen molar-refractivity contribution >= 4 is 29.2 Å². The second-order valence-corrected chi connectivity index (χ2v) is 7.30. The van der Waals surface area contributed by atoms with E-state index in [1.54, 1.807) is 26.1 Å². The van der Waals surface area contributed by atoms with Crippen molar-refractivity contribution < 1.29 is 14.2 Å². The van der Waals surface area contributed by atoms with Crippen molar-refractivity contribution in [3.05, 3.63) is 64.1 Å². The minimum atomic E-state index is -0.660. The number of rotatable bonds is 4. The molecule has 7 nitrogen and oxygen atoms in total. The van der Waals surface area contributed by atoms with E-state index < -0.39 is 11.9 Å². The van der Waals surface area contributed by atoms with Crippen LogP contribution in [0.5, 0.6) is 5.75 Å². The van der Waals surface area contributed by atoms with Crippen molar-refractivity contribution in [2.45, 2.75) is 33.3 Å². The van der Waals surface area contributed by atoms with Gasteiger partial charge in [-0.05, 0) is 50.6 Å². The second-order valence-electron chi connectivity index (χ2n) is 7.30. The largest absolute Gasteiger partial charge is 0.507 e. The molecule has 0 fully saturated rings. The molecule has 2 aromatic rings. The number of aliphatic hydroxyl groups excluding tert-OH is 1. The van der Waals surface area contributed by atoms with Gasteiger partial charge >= 0.3 is 0 Å². The molecule has 0 unspecified atom stereocenters. The van der Waals surface area contributed by atoms with Gasteiger partial charge in [-0.3, -0.25) is 0 Å². The van der Waals surface area contributed by atoms with Crippen LogP contribution in [0.15, 0.2) is 41.6 Å². The number of aliphatic hydroxyl groups is 1. The van der Waals surface area contributed by atoms with Gasteiger partial charge in [-0.2, -0.15) is 0 Å². The van der Waals surface area contributed by atoms with Gasteiger partial charge in [-0.25, -0.2) is 9.37 Å². The highest BCUT2D eigenvalue weighted by atomic mass is 19.1. The summed E-state index contributed by atoms with van der Waals surface area (Å²) < 4.78 is 20.1. The molecule has 2 heterocycles. The molecule has 1 aromatic heterocycles. The van der Waals surface area contributed by atoms with Gasteiger partial charge in [0.2, 0.25) is 0 Å². The molecular formula is C23H26FN5O2. The van der Waals surface area contributed by atoms with Crippen LogP contribution in [0.4, 0.5) is 10.2 Å². The van der Waals surface area contributed by atoms with Crippen molar-refractivity contribution in [3.63, 3.8) is 0 Å². The third-order valence-electron chi connectivity index (χ3n) is 5.14. The molecule has 31 heavy (non-hydrogen) atoms. The number of halogens is 1. The quantitative estimate of drug-likeness (QED) is 0.458. The SMILES string of the molecule is CCN/C1=C(\C=N)C/C(C(C)=N)=C(/O)c2ccc(F)cc2[C@@H](C)Oc2cc1cnc2N. The van der Waals surface area contributed by atoms with Crippen LogP contribution in [0.1, 0.15) is 50.0 Å². The lowest BCUT2D eigenvalue weighted by Gasteiger charge is -2.23. The zero-order valence-electron chi connectivity index (χ0n) is 17.7. The van der Waals surface area contributed by atoms with Crippen molar-refractivity contribution in [1.29, 1.82) is 10.8 Å². The third-order valence-corrected chi connectivity index (χ3v) is 5.14. The molecule has 0 spiro atoms. The van der Waals surface area contributed by atoms with E-state index in [1.807, 2.05) is 6.92 Å². The van der Waals surface area contributed by atoms with E-state index in [2.05, 4.69) is 10.3 Å². The Balaban J connectivity index is 2.38. The summed E-state index contributed by atoms with van der Waals surface area (Å²) in [5.74, 6) is -0.138. The molecule has 162 valence electrons. The molecule has 8 heteroatoms. The van der Waals surface area contributed by atoms with Crippen LogP contribution >= 0.6 is 0 Å². The number of pyridine rings is 1. The molecule has 3 rings (SSSR count). The summed E-state index contributed by atoms with van der Waals surface area (Å²) in [6, 6.07) is 5.73. The fourth-order valence-corrected chi connectivity index (χ4v) is 3.56. The second kappa shape index (κ2) is 8.99. The number of hydrogen-bond donors (Lipinski definition) is 5. The zero-order valence-corrected chi connectivity index (χ0v) is 17.7. The van der Waals surface area contributed by atoms with Crippen molar-refractivity contribution in [2.75, 3.05) is 12.3 Å². The first-order valence-electron chi connectivity index (χ1n) is 9.94. The maximum atomic E-state index is 14.1. The summed E-state index contributed by atoms with van der Waals surface area (Å²) in [6.45, 7) is 5.80. The number of aromatic nitrogens is 1. The number of ether oxygens (including phenoxy) is 1. The molecule has 0 amide bonds. The van der Waals surface area contributed by atoms with Gasteiger partial charge in [0, 0.05) is 59.0 Å². The van der Waals surface area contributed by atoms with Gasteiger partial charge in [0.1, 0.15) is 17.7 Å². The molecule has 1 atom stereocenters. The first-order valence-corrected chi connectivity index (χ1v) is 9.94. The van der Waals surface area contributed by atoms with Crippen LogP contribution in [-0.4, -0.2) is 28.6 Å². The predicted molar refractivity (Wildman–Crippen MR) is 121 cm³/mol. The topological polar surface area (TPSA) is 128 Å². The van der Waals surface area contributed by atoms with Crippen LogP contribution < -0.4 is 15.8 Å². The molecular weight excluding hydrogens is 397 g/mol. The van der Waals surface area contributed by atoms with Crippen LogP contribution in [0, 0.1) is 16.6 Å². The molecule has 0 saturated carbocycles. The van der Waals surface area contributed by atoms with E-state index in [0.29, 0.717) is 45.8 Å². The molecule has 0 aliphatic carbocycles. The van der Waals surface area contributed by atoms with Crippen LogP contribution in [0.2, 0.25) is 0 Å². The lowest BCUT2D eigenvalue weighted by Crippen LogP contribution is -2.17. The number of fused-ring (bicyclic) bond motifs is 3. The van der Waals surface area contributed by atoms with Gasteiger partial charge < -0.3 is 31.7 Å². The fraction of sp³-hybridized carbons (Fsp3) is 0.261. The molecule has 0 radical (unpaired) electrons. The lowest BCUT2D eigenvalue weighted by atomic mass is 9.92. The summed E-state index contributed by atoms with van der Waals surface area (Å²) in [5.41, 5.74) is 9.09. The summed E-state index contributed by atoms with van der Waals surface area (Å²) in [7, 11) is 0. The zero-order chi connectivity index (χ0) is 22.7. The molecule has 1 aromatic carbocycles. The van der Waals surface area contributed by atoms with E-state index in [9.17, 15) is 9.50 Å². The standard InChI is InChI=1S/C23H26FN5O2/c1-4-28-21-14(10-25)7-18(12(2)26)22(30)17-6-5-16(24)9-19(17)13(3)31-20-8-15(21)11-29-23(20)27/h5-6,8-11,13,25-26,28,30H,4,7H2,1-3H3,(H2,27,29)/b21-14-,22-18-,25-10?,26-12?/t13-/m1/s1. The Morgan fingerprint density at radius 2 is 2.16 bits per heavy atom. The summed E-state index contributed by atoms with van der Waals surface area (Å²) in [6.07, 6.45) is 2.23. The van der Waals surface area contributed by atoms with Gasteiger partial charge in [-0.15, -0.1) is 0 Å². The van der Waals surface area contributed by atoms with Gasteiger partial charge in [-0.1, -0.05) is 0 Å². The smallest absolute Gasteiger partial charge is 0.166 e. The molecule has 0 saturated heterocycles. The Bertz CT molecular complexity index is 1110. The maximum absolute atomic E-state index is 14.1. The predicted octanol–water partition coefficient (Wildman–Crippen LogP) is 4.63. The minimum absolute atomic E-state index is 0.124. The first kappa shape index (κ1) is 22.0. The van der Waals surface area contributed by atoms with E-state index in [-0.39, 0.29) is 23.7 Å². The Hall–Kier alpha value is -3.68. The highest BCUT2D eigenvalue weighted by Crippen LogP contribution is 2.35. The number of anilines is 1. The summed E-state index contributed by atoms with van der Waals surface area (Å²) in [5, 5.41) is 30.6. The van der Waals surface area contributed by atoms with Gasteiger partial charge in [0.25, 0.3) is 0 Å². The highest BCUT2D eigenvalue weighted by molar-refractivity contribution is 6.04. The Morgan fingerprint density at radius 3 is 2.81 bits per heavy atom. The average molecular weight is 423 g/mol. The van der Waals surface area contributed by atoms with E-state index in [4.69, 9.17) is 21.3 Å². The number of benzene rings is 1. The number of nitrogens with zero attached hydrogens (tertiary/aromatic N) is 1. The third kappa shape index (κ3) is 4.42. The normalized spacial score (nSPS) is 21.2. The molecule has 1 aliphatic rings. The number of allylic oxidation sites excluding steroid dienone is 2.